The van der Waals surface area contributed by atoms with E-state index < -0.39 is 12.2 Å². The summed E-state index contributed by atoms with van der Waals surface area (Å²) < 4.78 is 6.11. The Hall–Kier alpha value is -4.29. The van der Waals surface area contributed by atoms with Crippen LogP contribution in [0.25, 0.3) is 11.0 Å². The molecule has 2 aromatic carbocycles. The Balaban J connectivity index is 1.01. The van der Waals surface area contributed by atoms with Gasteiger partial charge in [-0.15, -0.1) is 0 Å². The Morgan fingerprint density at radius 3 is 2.37 bits per heavy atom. The average Bonchev–Trinajstić information content (AvgIpc) is 3.29. The van der Waals surface area contributed by atoms with E-state index in [-0.39, 0.29) is 30.5 Å². The van der Waals surface area contributed by atoms with E-state index in [9.17, 15) is 19.5 Å². The van der Waals surface area contributed by atoms with Crippen LogP contribution in [0.2, 0.25) is 0 Å². The molecule has 3 saturated heterocycles. The van der Waals surface area contributed by atoms with E-state index in [1.807, 2.05) is 53.1 Å². The Kier molecular flexibility index (Phi) is 9.95. The highest BCUT2D eigenvalue weighted by atomic mass is 16.6. The fourth-order valence-corrected chi connectivity index (χ4v) is 8.03. The topological polar surface area (TPSA) is 131 Å². The zero-order valence-corrected chi connectivity index (χ0v) is 28.3. The maximum atomic E-state index is 14.1. The van der Waals surface area contributed by atoms with Crippen LogP contribution >= 0.6 is 0 Å². The predicted molar refractivity (Wildman–Crippen MR) is 185 cm³/mol. The van der Waals surface area contributed by atoms with E-state index in [0.29, 0.717) is 51.6 Å². The van der Waals surface area contributed by atoms with Crippen molar-refractivity contribution in [2.75, 3.05) is 51.1 Å². The van der Waals surface area contributed by atoms with Crippen molar-refractivity contribution in [3.05, 3.63) is 65.5 Å². The largest absolute Gasteiger partial charge is 0.436 e. The molecular weight excluding hydrogens is 622 g/mol. The molecular formula is C37H47N7O5. The number of amides is 4. The second-order valence-corrected chi connectivity index (χ2v) is 14.0. The highest BCUT2D eigenvalue weighted by Crippen LogP contribution is 2.27. The van der Waals surface area contributed by atoms with Crippen molar-refractivity contribution < 1.29 is 24.2 Å². The van der Waals surface area contributed by atoms with Gasteiger partial charge in [-0.2, -0.15) is 0 Å². The van der Waals surface area contributed by atoms with Gasteiger partial charge in [0.1, 0.15) is 0 Å². The molecule has 0 bridgehead atoms. The minimum Gasteiger partial charge on any atom is -0.436 e. The quantitative estimate of drug-likeness (QED) is 0.403. The number of aliphatic hydroxyl groups is 1. The molecule has 3 aromatic rings. The van der Waals surface area contributed by atoms with E-state index >= 15 is 0 Å². The van der Waals surface area contributed by atoms with Crippen molar-refractivity contribution in [3.8, 4) is 0 Å². The van der Waals surface area contributed by atoms with Crippen molar-refractivity contribution in [2.45, 2.75) is 82.6 Å². The Labute approximate surface area is 287 Å². The molecule has 0 unspecified atom stereocenters. The number of nitrogens with one attached hydrogen (secondary N) is 1. The predicted octanol–water partition coefficient (Wildman–Crippen LogP) is 3.99. The second-order valence-electron chi connectivity index (χ2n) is 14.0. The van der Waals surface area contributed by atoms with Gasteiger partial charge in [0.2, 0.25) is 0 Å². The van der Waals surface area contributed by atoms with E-state index in [1.54, 1.807) is 17.3 Å². The van der Waals surface area contributed by atoms with Gasteiger partial charge in [-0.05, 0) is 80.7 Å². The number of ether oxygens (including phenoxy) is 1. The molecule has 1 atom stereocenters. The van der Waals surface area contributed by atoms with Gasteiger partial charge in [0.25, 0.3) is 5.91 Å². The zero-order valence-electron chi connectivity index (χ0n) is 28.3. The standard InChI is InChI=1S/C37H47N7O5/c1-25-22-26(23-32-34(25)39-14-13-38-32)24-33(35(46)42-15-7-28(8-16-42)41-19-11-30(45)12-20-41)49-37(48)43-17-9-29(10-18-43)44-21-6-27-4-2-3-5-31(27)40-36(44)47/h2-5,13-14,22-23,28-30,33,45H,6-12,15-21,24H2,1H3,(H,40,47)/t33-/m1/s1. The molecule has 1 aromatic heterocycles. The number of nitrogens with zero attached hydrogens (tertiary/aromatic N) is 6. The number of likely N-dealkylation sites (tertiary alicyclic amines) is 3. The van der Waals surface area contributed by atoms with E-state index in [1.165, 1.54) is 0 Å². The van der Waals surface area contributed by atoms with Crippen LogP contribution in [0.15, 0.2) is 48.8 Å². The Morgan fingerprint density at radius 2 is 1.59 bits per heavy atom. The number of benzene rings is 2. The lowest BCUT2D eigenvalue weighted by molar-refractivity contribution is -0.142. The van der Waals surface area contributed by atoms with Crippen molar-refractivity contribution in [3.63, 3.8) is 0 Å². The first-order valence-corrected chi connectivity index (χ1v) is 17.8. The molecule has 0 aliphatic carbocycles. The van der Waals surface area contributed by atoms with Crippen LogP contribution in [0, 0.1) is 6.92 Å². The van der Waals surface area contributed by atoms with Crippen LogP contribution in [0.3, 0.4) is 0 Å². The lowest BCUT2D eigenvalue weighted by Gasteiger charge is -2.41. The lowest BCUT2D eigenvalue weighted by atomic mass is 9.98. The van der Waals surface area contributed by atoms with Crippen molar-refractivity contribution in [2.24, 2.45) is 0 Å². The highest BCUT2D eigenvalue weighted by molar-refractivity contribution is 5.91. The number of piperidine rings is 3. The molecule has 0 radical (unpaired) electrons. The van der Waals surface area contributed by atoms with Gasteiger partial charge >= 0.3 is 12.1 Å². The molecule has 260 valence electrons. The second kappa shape index (κ2) is 14.7. The summed E-state index contributed by atoms with van der Waals surface area (Å²) in [5, 5.41) is 13.0. The number of rotatable bonds is 6. The van der Waals surface area contributed by atoms with Crippen molar-refractivity contribution >= 4 is 34.8 Å². The van der Waals surface area contributed by atoms with Crippen LogP contribution in [0.5, 0.6) is 0 Å². The third kappa shape index (κ3) is 7.50. The van der Waals surface area contributed by atoms with Gasteiger partial charge in [0, 0.05) is 82.4 Å². The van der Waals surface area contributed by atoms with Gasteiger partial charge in [0.05, 0.1) is 17.1 Å². The lowest BCUT2D eigenvalue weighted by Crippen LogP contribution is -2.53. The van der Waals surface area contributed by atoms with Crippen LogP contribution in [-0.4, -0.2) is 123 Å². The molecule has 12 heteroatoms. The number of aromatic nitrogens is 2. The van der Waals surface area contributed by atoms with E-state index in [0.717, 1.165) is 78.6 Å². The number of para-hydroxylation sites is 1. The number of carbonyl (C=O) groups excluding carboxylic acids is 3. The molecule has 3 fully saturated rings. The highest BCUT2D eigenvalue weighted by Gasteiger charge is 2.36. The maximum absolute atomic E-state index is 14.1. The molecule has 4 aliphatic rings. The minimum absolute atomic E-state index is 0.0157. The van der Waals surface area contributed by atoms with Gasteiger partial charge in [-0.1, -0.05) is 24.3 Å². The normalized spacial score (nSPS) is 20.9. The zero-order chi connectivity index (χ0) is 33.9. The summed E-state index contributed by atoms with van der Waals surface area (Å²) >= 11 is 0. The maximum Gasteiger partial charge on any atom is 0.410 e. The van der Waals surface area contributed by atoms with Gasteiger partial charge < -0.3 is 34.8 Å². The smallest absolute Gasteiger partial charge is 0.410 e. The Bertz CT molecular complexity index is 1660. The average molecular weight is 670 g/mol. The van der Waals surface area contributed by atoms with E-state index in [2.05, 4.69) is 20.2 Å². The van der Waals surface area contributed by atoms with Crippen LogP contribution < -0.4 is 5.32 Å². The summed E-state index contributed by atoms with van der Waals surface area (Å²) in [7, 11) is 0. The van der Waals surface area contributed by atoms with Gasteiger partial charge in [-0.25, -0.2) is 9.59 Å². The van der Waals surface area contributed by atoms with Crippen LogP contribution in [-0.2, 0) is 22.4 Å². The van der Waals surface area contributed by atoms with Gasteiger partial charge in [0.15, 0.2) is 6.10 Å². The Morgan fingerprint density at radius 1 is 0.898 bits per heavy atom. The summed E-state index contributed by atoms with van der Waals surface area (Å²) in [6.45, 7) is 6.47. The third-order valence-electron chi connectivity index (χ3n) is 10.9. The molecule has 2 N–H and O–H groups in total. The fraction of sp³-hybridized carbons (Fsp3) is 0.541. The number of aliphatic hydroxyl groups excluding tert-OH is 1. The number of aryl methyl sites for hydroxylation is 1. The number of hydrogen-bond donors (Lipinski definition) is 2. The summed E-state index contributed by atoms with van der Waals surface area (Å²) in [6.07, 6.45) is 7.24. The first-order chi connectivity index (χ1) is 23.8. The molecule has 12 nitrogen and oxygen atoms in total. The number of carbonyl (C=O) groups is 3. The molecule has 49 heavy (non-hydrogen) atoms. The molecule has 5 heterocycles. The summed E-state index contributed by atoms with van der Waals surface area (Å²) in [5.41, 5.74) is 5.35. The monoisotopic (exact) mass is 669 g/mol. The van der Waals surface area contributed by atoms with Crippen LogP contribution in [0.4, 0.5) is 15.3 Å². The first kappa shape index (κ1) is 33.2. The van der Waals surface area contributed by atoms with Crippen LogP contribution in [0.1, 0.15) is 55.2 Å². The number of hydrogen-bond acceptors (Lipinski definition) is 8. The van der Waals surface area contributed by atoms with Crippen molar-refractivity contribution in [1.29, 1.82) is 0 Å². The van der Waals surface area contributed by atoms with Crippen molar-refractivity contribution in [1.82, 2.24) is 29.6 Å². The molecule has 0 spiro atoms. The molecule has 0 saturated carbocycles. The number of fused-ring (bicyclic) bond motifs is 2. The first-order valence-electron chi connectivity index (χ1n) is 17.8. The number of urea groups is 1. The molecule has 7 rings (SSSR count). The minimum atomic E-state index is -0.977. The summed E-state index contributed by atoms with van der Waals surface area (Å²) in [4.78, 5) is 57.7. The van der Waals surface area contributed by atoms with E-state index in [4.69, 9.17) is 4.74 Å². The summed E-state index contributed by atoms with van der Waals surface area (Å²) in [6, 6.07) is 12.1. The van der Waals surface area contributed by atoms with Gasteiger partial charge in [-0.3, -0.25) is 14.8 Å². The number of anilines is 1. The fourth-order valence-electron chi connectivity index (χ4n) is 8.03. The third-order valence-corrected chi connectivity index (χ3v) is 10.9. The SMILES string of the molecule is Cc1cc(C[C@@H](OC(=O)N2CCC(N3CCc4ccccc4NC3=O)CC2)C(=O)N2CCC(N3CCC(O)CC3)CC2)cc2nccnc12. The molecule has 4 amide bonds. The molecule has 4 aliphatic heterocycles. The summed E-state index contributed by atoms with van der Waals surface area (Å²) in [5.74, 6) is -0.173.